The molecule has 1 aromatic heterocycles. The number of hydrogen-bond acceptors (Lipinski definition) is 3. The van der Waals surface area contributed by atoms with Crippen LogP contribution in [0.25, 0.3) is 11.3 Å². The van der Waals surface area contributed by atoms with Gasteiger partial charge in [-0.2, -0.15) is 0 Å². The van der Waals surface area contributed by atoms with Crippen LogP contribution in [-0.4, -0.2) is 29.1 Å². The molecule has 2 rings (SSSR count). The lowest BCUT2D eigenvalue weighted by Gasteiger charge is -2.05. The van der Waals surface area contributed by atoms with Gasteiger partial charge < -0.3 is 10.4 Å². The van der Waals surface area contributed by atoms with E-state index in [0.717, 1.165) is 11.3 Å². The van der Waals surface area contributed by atoms with Crippen LogP contribution in [0.1, 0.15) is 10.5 Å². The highest BCUT2D eigenvalue weighted by Crippen LogP contribution is 2.16. The zero-order valence-electron chi connectivity index (χ0n) is 9.84. The first-order chi connectivity index (χ1) is 8.81. The summed E-state index contributed by atoms with van der Waals surface area (Å²) in [6.45, 7) is 0.153. The molecule has 0 aliphatic carbocycles. The number of rotatable bonds is 4. The molecule has 0 aliphatic heterocycles. The molecule has 1 heterocycles. The van der Waals surface area contributed by atoms with Crippen LogP contribution in [0.3, 0.4) is 0 Å². The maximum atomic E-state index is 11.7. The number of nitrogens with one attached hydrogen (secondary N) is 1. The van der Waals surface area contributed by atoms with E-state index >= 15 is 0 Å². The van der Waals surface area contributed by atoms with Crippen LogP contribution in [0.4, 0.5) is 0 Å². The fourth-order valence-corrected chi connectivity index (χ4v) is 1.59. The van der Waals surface area contributed by atoms with Crippen LogP contribution < -0.4 is 5.32 Å². The van der Waals surface area contributed by atoms with E-state index in [1.807, 2.05) is 36.4 Å². The highest BCUT2D eigenvalue weighted by atomic mass is 16.3. The summed E-state index contributed by atoms with van der Waals surface area (Å²) in [6, 6.07) is 15.0. The quantitative estimate of drug-likeness (QED) is 0.853. The Kier molecular flexibility index (Phi) is 4.04. The Hall–Kier alpha value is -2.20. The van der Waals surface area contributed by atoms with Gasteiger partial charge >= 0.3 is 0 Å². The largest absolute Gasteiger partial charge is 0.395 e. The lowest BCUT2D eigenvalue weighted by molar-refractivity contribution is 0.0940. The zero-order valence-corrected chi connectivity index (χ0v) is 9.84. The molecule has 92 valence electrons. The van der Waals surface area contributed by atoms with Gasteiger partial charge in [0, 0.05) is 12.1 Å². The molecule has 18 heavy (non-hydrogen) atoms. The highest BCUT2D eigenvalue weighted by Gasteiger charge is 2.07. The summed E-state index contributed by atoms with van der Waals surface area (Å²) in [7, 11) is 0. The second-order valence-electron chi connectivity index (χ2n) is 3.75. The van der Waals surface area contributed by atoms with Gasteiger partial charge in [-0.15, -0.1) is 0 Å². The van der Waals surface area contributed by atoms with Crippen LogP contribution >= 0.6 is 0 Å². The van der Waals surface area contributed by atoms with E-state index in [9.17, 15) is 4.79 Å². The van der Waals surface area contributed by atoms with E-state index < -0.39 is 0 Å². The Balaban J connectivity index is 2.23. The van der Waals surface area contributed by atoms with Gasteiger partial charge in [0.25, 0.3) is 5.91 Å². The number of aromatic nitrogens is 1. The Morgan fingerprint density at radius 3 is 2.61 bits per heavy atom. The molecule has 0 bridgehead atoms. The van der Waals surface area contributed by atoms with E-state index in [1.165, 1.54) is 0 Å². The lowest BCUT2D eigenvalue weighted by Crippen LogP contribution is -2.27. The van der Waals surface area contributed by atoms with Crippen LogP contribution in [0.2, 0.25) is 0 Å². The lowest BCUT2D eigenvalue weighted by atomic mass is 10.1. The van der Waals surface area contributed by atoms with Crippen molar-refractivity contribution in [3.05, 3.63) is 54.2 Å². The molecule has 0 spiro atoms. The van der Waals surface area contributed by atoms with Crippen molar-refractivity contribution in [1.29, 1.82) is 0 Å². The van der Waals surface area contributed by atoms with Crippen molar-refractivity contribution < 1.29 is 9.90 Å². The number of carbonyl (C=O) groups is 1. The van der Waals surface area contributed by atoms with E-state index in [1.54, 1.807) is 12.1 Å². The molecule has 4 nitrogen and oxygen atoms in total. The Morgan fingerprint density at radius 2 is 1.89 bits per heavy atom. The number of benzene rings is 1. The first-order valence-corrected chi connectivity index (χ1v) is 5.73. The Morgan fingerprint density at radius 1 is 1.11 bits per heavy atom. The second kappa shape index (κ2) is 5.93. The minimum Gasteiger partial charge on any atom is -0.395 e. The molecule has 4 heteroatoms. The molecule has 0 atom stereocenters. The number of nitrogens with zero attached hydrogens (tertiary/aromatic N) is 1. The molecule has 2 aromatic rings. The molecule has 0 radical (unpaired) electrons. The summed E-state index contributed by atoms with van der Waals surface area (Å²) in [6.07, 6.45) is 0. The van der Waals surface area contributed by atoms with Gasteiger partial charge in [-0.1, -0.05) is 36.4 Å². The maximum Gasteiger partial charge on any atom is 0.269 e. The fourth-order valence-electron chi connectivity index (χ4n) is 1.59. The monoisotopic (exact) mass is 242 g/mol. The molecule has 2 N–H and O–H groups in total. The topological polar surface area (TPSA) is 62.2 Å². The summed E-state index contributed by atoms with van der Waals surface area (Å²) in [4.78, 5) is 16.0. The van der Waals surface area contributed by atoms with Crippen molar-refractivity contribution in [3.8, 4) is 11.3 Å². The van der Waals surface area contributed by atoms with Gasteiger partial charge in [-0.3, -0.25) is 4.79 Å². The minimum atomic E-state index is -0.276. The van der Waals surface area contributed by atoms with Crippen LogP contribution in [-0.2, 0) is 0 Å². The summed E-state index contributed by atoms with van der Waals surface area (Å²) in [5.41, 5.74) is 2.08. The number of carbonyl (C=O) groups excluding carboxylic acids is 1. The molecule has 1 aromatic carbocycles. The molecule has 0 saturated heterocycles. The first kappa shape index (κ1) is 12.3. The molecule has 0 aliphatic rings. The summed E-state index contributed by atoms with van der Waals surface area (Å²) in [5.74, 6) is -0.276. The SMILES string of the molecule is O=C(NCCO)c1cccc(-c2ccccc2)n1. The second-order valence-corrected chi connectivity index (χ2v) is 3.75. The number of amides is 1. The highest BCUT2D eigenvalue weighted by molar-refractivity contribution is 5.92. The Labute approximate surface area is 105 Å². The number of aliphatic hydroxyl groups excluding tert-OH is 1. The maximum absolute atomic E-state index is 11.7. The summed E-state index contributed by atoms with van der Waals surface area (Å²) < 4.78 is 0. The van der Waals surface area contributed by atoms with E-state index in [4.69, 9.17) is 5.11 Å². The first-order valence-electron chi connectivity index (χ1n) is 5.73. The van der Waals surface area contributed by atoms with Crippen LogP contribution in [0.5, 0.6) is 0 Å². The van der Waals surface area contributed by atoms with Gasteiger partial charge in [-0.25, -0.2) is 4.98 Å². The van der Waals surface area contributed by atoms with Gasteiger partial charge in [0.1, 0.15) is 5.69 Å². The predicted molar refractivity (Wildman–Crippen MR) is 69.1 cm³/mol. The van der Waals surface area contributed by atoms with E-state index in [-0.39, 0.29) is 19.1 Å². The molecular weight excluding hydrogens is 228 g/mol. The standard InChI is InChI=1S/C14H14N2O2/c17-10-9-15-14(18)13-8-4-7-12(16-13)11-5-2-1-3-6-11/h1-8,17H,9-10H2,(H,15,18). The normalized spacial score (nSPS) is 10.1. The van der Waals surface area contributed by atoms with Crippen LogP contribution in [0.15, 0.2) is 48.5 Å². The van der Waals surface area contributed by atoms with E-state index in [0.29, 0.717) is 5.69 Å². The summed E-state index contributed by atoms with van der Waals surface area (Å²) >= 11 is 0. The average Bonchev–Trinajstić information content (AvgIpc) is 2.46. The van der Waals surface area contributed by atoms with Crippen LogP contribution in [0, 0.1) is 0 Å². The number of pyridine rings is 1. The van der Waals surface area contributed by atoms with Crippen molar-refractivity contribution in [1.82, 2.24) is 10.3 Å². The molecule has 0 unspecified atom stereocenters. The van der Waals surface area contributed by atoms with E-state index in [2.05, 4.69) is 10.3 Å². The zero-order chi connectivity index (χ0) is 12.8. The number of aliphatic hydroxyl groups is 1. The third-order valence-corrected chi connectivity index (χ3v) is 2.45. The fraction of sp³-hybridized carbons (Fsp3) is 0.143. The van der Waals surface area contributed by atoms with Crippen molar-refractivity contribution in [2.45, 2.75) is 0 Å². The van der Waals surface area contributed by atoms with Crippen molar-refractivity contribution in [3.63, 3.8) is 0 Å². The third-order valence-electron chi connectivity index (χ3n) is 2.45. The van der Waals surface area contributed by atoms with Gasteiger partial charge in [0.15, 0.2) is 0 Å². The minimum absolute atomic E-state index is 0.0793. The Bertz CT molecular complexity index is 526. The van der Waals surface area contributed by atoms with Crippen molar-refractivity contribution in [2.24, 2.45) is 0 Å². The van der Waals surface area contributed by atoms with Gasteiger partial charge in [-0.05, 0) is 12.1 Å². The number of hydrogen-bond donors (Lipinski definition) is 2. The molecule has 1 amide bonds. The summed E-state index contributed by atoms with van der Waals surface area (Å²) in [5, 5.41) is 11.2. The predicted octanol–water partition coefficient (Wildman–Crippen LogP) is 1.47. The van der Waals surface area contributed by atoms with Gasteiger partial charge in [0.2, 0.25) is 0 Å². The van der Waals surface area contributed by atoms with Crippen molar-refractivity contribution >= 4 is 5.91 Å². The van der Waals surface area contributed by atoms with Crippen molar-refractivity contribution in [2.75, 3.05) is 13.2 Å². The molecule has 0 saturated carbocycles. The smallest absolute Gasteiger partial charge is 0.269 e. The molecular formula is C14H14N2O2. The average molecular weight is 242 g/mol. The molecule has 0 fully saturated rings. The third kappa shape index (κ3) is 2.93. The van der Waals surface area contributed by atoms with Gasteiger partial charge in [0.05, 0.1) is 12.3 Å².